The zero-order valence-electron chi connectivity index (χ0n) is 19.2. The number of hydrogen-bond donors (Lipinski definition) is 1. The van der Waals surface area contributed by atoms with Crippen molar-refractivity contribution in [3.8, 4) is 0 Å². The fourth-order valence-corrected chi connectivity index (χ4v) is 5.25. The monoisotopic (exact) mass is 520 g/mol. The highest BCUT2D eigenvalue weighted by Crippen LogP contribution is 2.37. The number of alkyl halides is 2. The Hall–Kier alpha value is -2.98. The molecule has 1 N–H and O–H groups in total. The minimum atomic E-state index is -2.86. The number of benzene rings is 2. The predicted molar refractivity (Wildman–Crippen MR) is 135 cm³/mol. The van der Waals surface area contributed by atoms with Gasteiger partial charge in [-0.2, -0.15) is 8.78 Å². The molecule has 0 aliphatic carbocycles. The summed E-state index contributed by atoms with van der Waals surface area (Å²) in [5.41, 5.74) is 3.34. The fraction of sp³-hybridized carbons (Fsp3) is 0.240. The van der Waals surface area contributed by atoms with Crippen molar-refractivity contribution in [2.75, 3.05) is 12.4 Å². The van der Waals surface area contributed by atoms with Gasteiger partial charge in [0.1, 0.15) is 5.82 Å². The van der Waals surface area contributed by atoms with Crippen molar-refractivity contribution < 1.29 is 27.8 Å². The number of halogens is 3. The lowest BCUT2D eigenvalue weighted by Crippen LogP contribution is -2.12. The van der Waals surface area contributed by atoms with Gasteiger partial charge in [-0.05, 0) is 54.8 Å². The lowest BCUT2D eigenvalue weighted by Gasteiger charge is -2.09. The maximum atomic E-state index is 13.2. The van der Waals surface area contributed by atoms with E-state index < -0.39 is 6.61 Å². The molecule has 6 nitrogen and oxygen atoms in total. The summed E-state index contributed by atoms with van der Waals surface area (Å²) in [7, 11) is 1.59. The lowest BCUT2D eigenvalue weighted by molar-refractivity contribution is -0.136. The zero-order chi connectivity index (χ0) is 24.4. The Morgan fingerprint density at radius 3 is 2.54 bits per heavy atom. The number of aryl methyl sites for hydroxylation is 1. The van der Waals surface area contributed by atoms with Crippen LogP contribution >= 0.6 is 23.7 Å². The van der Waals surface area contributed by atoms with E-state index in [9.17, 15) is 18.4 Å². The van der Waals surface area contributed by atoms with E-state index in [0.29, 0.717) is 39.3 Å². The van der Waals surface area contributed by atoms with Crippen LogP contribution in [0.2, 0.25) is 0 Å². The van der Waals surface area contributed by atoms with Gasteiger partial charge in [0.2, 0.25) is 0 Å². The second kappa shape index (κ2) is 11.2. The van der Waals surface area contributed by atoms with Gasteiger partial charge in [-0.25, -0.2) is 4.98 Å². The number of carbonyl (C=O) groups excluding carboxylic acids is 2. The largest absolute Gasteiger partial charge is 0.380 e. The predicted octanol–water partition coefficient (Wildman–Crippen LogP) is 6.52. The molecular formula is C25H23ClF2N2O4S. The number of nitrogens with zero attached hydrogens (tertiary/aromatic N) is 1. The Labute approximate surface area is 210 Å². The van der Waals surface area contributed by atoms with E-state index in [1.54, 1.807) is 43.5 Å². The Kier molecular flexibility index (Phi) is 8.50. The van der Waals surface area contributed by atoms with Gasteiger partial charge in [0.25, 0.3) is 5.91 Å². The number of ether oxygens (including phenoxy) is 2. The average Bonchev–Trinajstić information content (AvgIpc) is 3.15. The standard InChI is InChI=1S/C25H22F2N2O4S.ClH/c1-13-21-16(11-32-3)7-8-17(14(2)30)23(21)34-22(13)24(31)29-20-10-9-18-15(12-33-25(26)27)5-4-6-19(18)28-20;/h4-10,25H,11-12H2,1-3H3,(H,28,29,31);1H. The van der Waals surface area contributed by atoms with Gasteiger partial charge in [0.15, 0.2) is 5.78 Å². The summed E-state index contributed by atoms with van der Waals surface area (Å²) in [6, 6.07) is 12.1. The number of thiophene rings is 1. The van der Waals surface area contributed by atoms with E-state index in [0.717, 1.165) is 21.2 Å². The number of ketones is 1. The number of hydrogen-bond acceptors (Lipinski definition) is 6. The van der Waals surface area contributed by atoms with Crippen molar-refractivity contribution in [2.45, 2.75) is 33.7 Å². The second-order valence-corrected chi connectivity index (χ2v) is 8.75. The number of carbonyl (C=O) groups is 2. The smallest absolute Gasteiger partial charge is 0.345 e. The third-order valence-electron chi connectivity index (χ3n) is 5.48. The van der Waals surface area contributed by atoms with E-state index in [1.165, 1.54) is 18.3 Å². The molecule has 10 heteroatoms. The molecule has 4 aromatic rings. The quantitative estimate of drug-likeness (QED) is 0.268. The molecule has 2 aromatic carbocycles. The maximum Gasteiger partial charge on any atom is 0.345 e. The van der Waals surface area contributed by atoms with Gasteiger partial charge in [0, 0.05) is 28.1 Å². The van der Waals surface area contributed by atoms with Crippen molar-refractivity contribution in [1.29, 1.82) is 0 Å². The van der Waals surface area contributed by atoms with Crippen molar-refractivity contribution in [1.82, 2.24) is 4.98 Å². The molecule has 0 aliphatic heterocycles. The Morgan fingerprint density at radius 2 is 1.86 bits per heavy atom. The summed E-state index contributed by atoms with van der Waals surface area (Å²) in [6.45, 7) is 0.598. The van der Waals surface area contributed by atoms with Gasteiger partial charge in [-0.1, -0.05) is 18.2 Å². The summed E-state index contributed by atoms with van der Waals surface area (Å²) in [4.78, 5) is 30.3. The maximum absolute atomic E-state index is 13.2. The number of Topliss-reactive ketones (excluding diaryl/α,β-unsaturated/α-hetero) is 1. The topological polar surface area (TPSA) is 77.5 Å². The van der Waals surface area contributed by atoms with Gasteiger partial charge >= 0.3 is 6.61 Å². The molecule has 0 radical (unpaired) electrons. The van der Waals surface area contributed by atoms with Crippen LogP contribution in [-0.2, 0) is 22.7 Å². The van der Waals surface area contributed by atoms with Crippen LogP contribution in [0.4, 0.5) is 14.6 Å². The van der Waals surface area contributed by atoms with Crippen LogP contribution in [0.25, 0.3) is 21.0 Å². The summed E-state index contributed by atoms with van der Waals surface area (Å²) < 4.78 is 35.3. The number of pyridine rings is 1. The highest BCUT2D eigenvalue weighted by Gasteiger charge is 2.21. The molecule has 2 heterocycles. The second-order valence-electron chi connectivity index (χ2n) is 7.73. The van der Waals surface area contributed by atoms with Crippen LogP contribution in [0.3, 0.4) is 0 Å². The van der Waals surface area contributed by atoms with Crippen LogP contribution in [0.1, 0.15) is 43.6 Å². The molecule has 0 bridgehead atoms. The molecule has 184 valence electrons. The van der Waals surface area contributed by atoms with Gasteiger partial charge in [-0.3, -0.25) is 9.59 Å². The number of amides is 1. The number of methoxy groups -OCH3 is 1. The first kappa shape index (κ1) is 26.6. The van der Waals surface area contributed by atoms with E-state index >= 15 is 0 Å². The average molecular weight is 521 g/mol. The molecule has 0 fully saturated rings. The van der Waals surface area contributed by atoms with E-state index in [2.05, 4.69) is 15.0 Å². The van der Waals surface area contributed by atoms with Crippen LogP contribution in [-0.4, -0.2) is 30.4 Å². The van der Waals surface area contributed by atoms with Crippen LogP contribution < -0.4 is 5.32 Å². The SMILES string of the molecule is COCc1ccc(C(C)=O)c2sc(C(=O)Nc3ccc4c(COC(F)F)cccc4n3)c(C)c12.Cl. The number of nitrogens with one attached hydrogen (secondary N) is 1. The molecule has 35 heavy (non-hydrogen) atoms. The van der Waals surface area contributed by atoms with E-state index in [1.807, 2.05) is 13.0 Å². The Morgan fingerprint density at radius 1 is 1.09 bits per heavy atom. The first-order valence-electron chi connectivity index (χ1n) is 10.4. The Bertz CT molecular complexity index is 1410. The summed E-state index contributed by atoms with van der Waals surface area (Å²) in [5, 5.41) is 4.32. The van der Waals surface area contributed by atoms with Crippen molar-refractivity contribution in [3.63, 3.8) is 0 Å². The molecule has 0 spiro atoms. The van der Waals surface area contributed by atoms with Crippen LogP contribution in [0.15, 0.2) is 42.5 Å². The van der Waals surface area contributed by atoms with E-state index in [4.69, 9.17) is 4.74 Å². The molecule has 4 rings (SSSR count). The summed E-state index contributed by atoms with van der Waals surface area (Å²) in [6.07, 6.45) is 0. The fourth-order valence-electron chi connectivity index (χ4n) is 3.94. The highest BCUT2D eigenvalue weighted by atomic mass is 35.5. The normalized spacial score (nSPS) is 11.1. The van der Waals surface area contributed by atoms with Crippen LogP contribution in [0.5, 0.6) is 0 Å². The van der Waals surface area contributed by atoms with Crippen LogP contribution in [0, 0.1) is 6.92 Å². The number of rotatable bonds is 8. The molecule has 0 saturated heterocycles. The first-order chi connectivity index (χ1) is 16.3. The summed E-state index contributed by atoms with van der Waals surface area (Å²) >= 11 is 1.26. The third kappa shape index (κ3) is 5.48. The molecule has 0 atom stereocenters. The van der Waals surface area contributed by atoms with Crippen molar-refractivity contribution in [3.05, 3.63) is 69.6 Å². The molecule has 0 saturated carbocycles. The Balaban J connectivity index is 0.00000342. The zero-order valence-corrected chi connectivity index (χ0v) is 20.8. The molecule has 0 unspecified atom stereocenters. The first-order valence-corrected chi connectivity index (χ1v) is 11.3. The van der Waals surface area contributed by atoms with Crippen molar-refractivity contribution in [2.24, 2.45) is 0 Å². The number of anilines is 1. The summed E-state index contributed by atoms with van der Waals surface area (Å²) in [5.74, 6) is -0.101. The molecule has 2 aromatic heterocycles. The van der Waals surface area contributed by atoms with Gasteiger partial charge in [0.05, 0.1) is 23.6 Å². The highest BCUT2D eigenvalue weighted by molar-refractivity contribution is 7.21. The minimum absolute atomic E-state index is 0. The van der Waals surface area contributed by atoms with E-state index in [-0.39, 0.29) is 30.7 Å². The van der Waals surface area contributed by atoms with Gasteiger partial charge < -0.3 is 14.8 Å². The molecule has 1 amide bonds. The van der Waals surface area contributed by atoms with Crippen molar-refractivity contribution >= 4 is 62.2 Å². The molecular weight excluding hydrogens is 498 g/mol. The van der Waals surface area contributed by atoms with Gasteiger partial charge in [-0.15, -0.1) is 23.7 Å². The molecule has 0 aliphatic rings. The third-order valence-corrected chi connectivity index (χ3v) is 6.80. The number of fused-ring (bicyclic) bond motifs is 2. The minimum Gasteiger partial charge on any atom is -0.380 e. The lowest BCUT2D eigenvalue weighted by atomic mass is 10.0. The number of aromatic nitrogens is 1.